The Morgan fingerprint density at radius 1 is 0.929 bits per heavy atom. The number of fused-ring (bicyclic) bond motifs is 13. The molecule has 4 aromatic rings. The number of nitrogens with two attached hydrogens (primary N) is 1. The van der Waals surface area contributed by atoms with E-state index < -0.39 is 77.6 Å². The molecule has 1 aromatic heterocycles. The number of aliphatic hydroxyl groups is 5. The average molecular weight is 1160 g/mol. The first-order valence-electron chi connectivity index (χ1n) is 31.3. The van der Waals surface area contributed by atoms with E-state index in [1.807, 2.05) is 31.2 Å². The summed E-state index contributed by atoms with van der Waals surface area (Å²) in [7, 11) is 0. The summed E-state index contributed by atoms with van der Waals surface area (Å²) in [6, 6.07) is 12.7. The summed E-state index contributed by atoms with van der Waals surface area (Å²) in [5.41, 5.74) is 14.4. The maximum absolute atomic E-state index is 16.2. The highest BCUT2D eigenvalue weighted by atomic mass is 16.6. The molecule has 0 saturated heterocycles. The number of aliphatic hydroxyl groups excluding tert-OH is 4. The van der Waals surface area contributed by atoms with E-state index in [-0.39, 0.29) is 106 Å². The van der Waals surface area contributed by atoms with E-state index in [9.17, 15) is 40.5 Å². The minimum Gasteiger partial charge on any atom is -0.508 e. The van der Waals surface area contributed by atoms with Gasteiger partial charge in [-0.1, -0.05) is 55.0 Å². The predicted octanol–water partition coefficient (Wildman–Crippen LogP) is 7.55. The number of benzene rings is 3. The summed E-state index contributed by atoms with van der Waals surface area (Å²) < 4.78 is 21.8. The number of likely N-dealkylation sites (N-methyl/N-ethyl adjacent to an activating group) is 1. The number of carbonyl (C=O) groups excluding carboxylic acids is 1. The Kier molecular flexibility index (Phi) is 13.1. The van der Waals surface area contributed by atoms with Gasteiger partial charge in [0.2, 0.25) is 0 Å². The lowest BCUT2D eigenvalue weighted by Gasteiger charge is -2.55. The lowest BCUT2D eigenvalue weighted by Crippen LogP contribution is -2.59. The highest BCUT2D eigenvalue weighted by Gasteiger charge is 2.64. The minimum atomic E-state index is -1.63. The van der Waals surface area contributed by atoms with Crippen LogP contribution >= 0.6 is 0 Å². The van der Waals surface area contributed by atoms with Gasteiger partial charge in [0.05, 0.1) is 30.6 Å². The molecule has 3 saturated carbocycles. The number of dihydropyridines is 2. The van der Waals surface area contributed by atoms with Crippen LogP contribution in [0.2, 0.25) is 0 Å². The van der Waals surface area contributed by atoms with Gasteiger partial charge in [0.25, 0.3) is 0 Å². The molecule has 1 unspecified atom stereocenters. The lowest BCUT2D eigenvalue weighted by atomic mass is 9.51. The van der Waals surface area contributed by atoms with Crippen molar-refractivity contribution in [3.05, 3.63) is 167 Å². The van der Waals surface area contributed by atoms with E-state index in [0.29, 0.717) is 68.4 Å². The summed E-state index contributed by atoms with van der Waals surface area (Å²) in [5, 5.41) is 94.6. The smallest absolute Gasteiger partial charge is 0.337 e. The summed E-state index contributed by atoms with van der Waals surface area (Å²) in [5.74, 6) is -3.84. The summed E-state index contributed by atoms with van der Waals surface area (Å²) in [4.78, 5) is 30.9. The van der Waals surface area contributed by atoms with Gasteiger partial charge in [0.15, 0.2) is 5.43 Å². The fourth-order valence-corrected chi connectivity index (χ4v) is 19.6. The Morgan fingerprint density at radius 2 is 1.75 bits per heavy atom. The maximum Gasteiger partial charge on any atom is 0.337 e. The highest BCUT2D eigenvalue weighted by molar-refractivity contribution is 5.93. The highest BCUT2D eigenvalue weighted by Crippen LogP contribution is 2.69. The number of rotatable bonds is 7. The quantitative estimate of drug-likeness (QED) is 0.0484. The third kappa shape index (κ3) is 8.06. The third-order valence-corrected chi connectivity index (χ3v) is 23.0. The molecule has 6 bridgehead atoms. The predicted molar refractivity (Wildman–Crippen MR) is 317 cm³/mol. The average Bonchev–Trinajstić information content (AvgIpc) is 1.72. The van der Waals surface area contributed by atoms with Gasteiger partial charge in [-0.25, -0.2) is 4.79 Å². The first-order valence-corrected chi connectivity index (χ1v) is 31.3. The number of phenols is 2. The van der Waals surface area contributed by atoms with E-state index in [2.05, 4.69) is 47.3 Å². The molecule has 11 aliphatic rings. The van der Waals surface area contributed by atoms with Crippen molar-refractivity contribution in [3.63, 3.8) is 0 Å². The zero-order valence-corrected chi connectivity index (χ0v) is 48.4. The van der Waals surface area contributed by atoms with Crippen molar-refractivity contribution >= 4 is 16.9 Å². The number of allylic oxidation sites excluding steroid dienone is 6. The lowest BCUT2D eigenvalue weighted by molar-refractivity contribution is -0.172. The van der Waals surface area contributed by atoms with E-state index >= 15 is 4.79 Å². The molecular formula is C69H78N4O12. The third-order valence-electron chi connectivity index (χ3n) is 23.0. The van der Waals surface area contributed by atoms with Crippen LogP contribution in [0.5, 0.6) is 17.2 Å². The number of hydrogen-bond acceptors (Lipinski definition) is 16. The second kappa shape index (κ2) is 20.2. The van der Waals surface area contributed by atoms with Crippen LogP contribution in [0, 0.1) is 41.4 Å². The van der Waals surface area contributed by atoms with Crippen LogP contribution in [0.3, 0.4) is 0 Å². The van der Waals surface area contributed by atoms with Crippen molar-refractivity contribution in [1.82, 2.24) is 16.0 Å². The van der Waals surface area contributed by atoms with Crippen LogP contribution in [0.1, 0.15) is 153 Å². The van der Waals surface area contributed by atoms with Crippen LogP contribution < -0.4 is 31.8 Å². The second-order valence-corrected chi connectivity index (χ2v) is 26.8. The zero-order chi connectivity index (χ0) is 58.7. The van der Waals surface area contributed by atoms with Gasteiger partial charge < -0.3 is 66.0 Å². The van der Waals surface area contributed by atoms with Crippen LogP contribution in [-0.4, -0.2) is 91.0 Å². The molecule has 5 heterocycles. The first-order chi connectivity index (χ1) is 41.1. The van der Waals surface area contributed by atoms with Crippen molar-refractivity contribution in [3.8, 4) is 17.2 Å². The summed E-state index contributed by atoms with van der Waals surface area (Å²) >= 11 is 0. The van der Waals surface area contributed by atoms with Crippen LogP contribution in [-0.2, 0) is 29.0 Å². The van der Waals surface area contributed by atoms with E-state index in [1.165, 1.54) is 22.8 Å². The SMILES string of the molecule is C/C=C(\C(=O)O[C@@H]1Cc2c3c(c4oc(CO)cc(=O)c4c2O)[C@H]2C4=CCNC(N)=C4[C@@H](CCc4ccc(O)cc4[C@H]2CO)[C@H]2CCC4=CC(NCC)NC=C4C[C@@H]2[C@]1(C)O3)[C@]1(O)C[C@@H]2C[C@H]1[C@H]1CCC3=C[C@H](O)C[C@@H]4[C@H]3[C@@H]1c1c2cccc1[C@@H]4O. The Morgan fingerprint density at radius 3 is 2.55 bits per heavy atom. The van der Waals surface area contributed by atoms with E-state index in [1.54, 1.807) is 25.1 Å². The molecule has 15 rings (SSSR count). The van der Waals surface area contributed by atoms with Crippen molar-refractivity contribution in [1.29, 1.82) is 0 Å². The van der Waals surface area contributed by atoms with Gasteiger partial charge in [-0.05, 0) is 200 Å². The van der Waals surface area contributed by atoms with Crippen molar-refractivity contribution in [2.75, 3.05) is 19.7 Å². The van der Waals surface area contributed by atoms with E-state index in [0.717, 1.165) is 52.8 Å². The normalized spacial score (nSPS) is 36.4. The number of aryl methyl sites for hydroxylation is 1. The van der Waals surface area contributed by atoms with Crippen molar-refractivity contribution in [2.24, 2.45) is 47.2 Å². The van der Waals surface area contributed by atoms with Gasteiger partial charge >= 0.3 is 5.97 Å². The molecule has 17 atom stereocenters. The molecule has 3 aromatic carbocycles. The number of nitrogens with one attached hydrogen (secondary N) is 3. The molecule has 12 N–H and O–H groups in total. The van der Waals surface area contributed by atoms with Crippen molar-refractivity contribution in [2.45, 2.75) is 157 Å². The molecule has 0 amide bonds. The molecule has 16 heteroatoms. The first kappa shape index (κ1) is 55.0. The Hall–Kier alpha value is -6.66. The molecule has 446 valence electrons. The Labute approximate surface area is 493 Å². The fourth-order valence-electron chi connectivity index (χ4n) is 19.6. The van der Waals surface area contributed by atoms with Crippen LogP contribution in [0.25, 0.3) is 11.0 Å². The van der Waals surface area contributed by atoms with Crippen LogP contribution in [0.4, 0.5) is 0 Å². The largest absolute Gasteiger partial charge is 0.508 e. The molecular weight excluding hydrogens is 1080 g/mol. The van der Waals surface area contributed by atoms with Gasteiger partial charge in [-0.3, -0.25) is 10.1 Å². The van der Waals surface area contributed by atoms with Gasteiger partial charge in [-0.15, -0.1) is 0 Å². The molecule has 4 aliphatic heterocycles. The summed E-state index contributed by atoms with van der Waals surface area (Å²) in [6.45, 7) is 5.91. The maximum atomic E-state index is 16.2. The number of ether oxygens (including phenoxy) is 2. The molecule has 85 heavy (non-hydrogen) atoms. The van der Waals surface area contributed by atoms with Gasteiger partial charge in [0.1, 0.15) is 63.7 Å². The molecule has 3 fully saturated rings. The minimum absolute atomic E-state index is 0.0102. The van der Waals surface area contributed by atoms with Gasteiger partial charge in [0, 0.05) is 54.1 Å². The number of aromatic hydroxyl groups is 2. The molecule has 0 radical (unpaired) electrons. The number of carbonyl (C=O) groups is 1. The monoisotopic (exact) mass is 1150 g/mol. The molecule has 16 nitrogen and oxygen atoms in total. The standard InChI is InChI=1S/C69H78N4O12/c1-4-49(69(82)27-34-20-51(69)42-16-12-33-19-37(77)24-46-55(33)59(42)56-39(34)7-6-8-44(56)62(46)79)67(81)84-53-26-47-63(80)60-52(78)25-38(29-74)83-65(60)61-57-43-17-18-72-66(70)58(43)41(15-10-31-9-13-36(76)23-45(31)48(57)30-75)40-14-11-32-22-54(71-5-2)73-28-35(32)21-50(40)68(53,3)85-64(47)61/h4,6-9,13,17,19,22-23,25,28,34,37,40-42,46,48,50-51,53-55,57,59,62,71-77,79-80,82H,5,10-12,14-16,18,20-21,24,26-27,29-30,70H2,1-3H3/b49-4+/t34-,37-,40+,41-,42+,46+,48+,50-,51-,53+,54?,55-,57-,59+,62-,68-,69+/m0/s1. The molecule has 7 aliphatic carbocycles. The topological polar surface area (TPSA) is 269 Å². The van der Waals surface area contributed by atoms with Crippen LogP contribution in [0.15, 0.2) is 121 Å². The number of esters is 1. The van der Waals surface area contributed by atoms with E-state index in [4.69, 9.17) is 19.6 Å². The zero-order valence-electron chi connectivity index (χ0n) is 48.4. The second-order valence-electron chi connectivity index (χ2n) is 26.8. The molecule has 0 spiro atoms. The fraction of sp³-hybridized carbons (Fsp3) is 0.507. The number of phenolic OH excluding ortho intramolecular Hbond substituents is 2. The Balaban J connectivity index is 0.928. The summed E-state index contributed by atoms with van der Waals surface area (Å²) in [6.07, 6.45) is 13.3. The van der Waals surface area contributed by atoms with Crippen molar-refractivity contribution < 1.29 is 54.4 Å². The number of hydrogen-bond donors (Lipinski definition) is 11. The van der Waals surface area contributed by atoms with Gasteiger partial charge in [-0.2, -0.15) is 0 Å². The Bertz CT molecular complexity index is 3760.